The summed E-state index contributed by atoms with van der Waals surface area (Å²) in [5.74, 6) is -0.286. The van der Waals surface area contributed by atoms with Gasteiger partial charge in [0.15, 0.2) is 0 Å². The zero-order chi connectivity index (χ0) is 13.8. The number of anilines is 1. The van der Waals surface area contributed by atoms with Gasteiger partial charge in [-0.25, -0.2) is 0 Å². The summed E-state index contributed by atoms with van der Waals surface area (Å²) in [6, 6.07) is 3.46. The molecule has 0 saturated heterocycles. The molecule has 6 nitrogen and oxygen atoms in total. The molecule has 100 valence electrons. The molecule has 1 amide bonds. The average molecular weight is 278 g/mol. The Balaban J connectivity index is 2.05. The van der Waals surface area contributed by atoms with E-state index < -0.39 is 0 Å². The molecule has 0 spiro atoms. The van der Waals surface area contributed by atoms with E-state index in [9.17, 15) is 9.59 Å². The first kappa shape index (κ1) is 13.4. The quantitative estimate of drug-likeness (QED) is 0.912. The van der Waals surface area contributed by atoms with Crippen molar-refractivity contribution in [2.75, 3.05) is 5.32 Å². The molecule has 2 heterocycles. The topological polar surface area (TPSA) is 76.9 Å². The van der Waals surface area contributed by atoms with E-state index >= 15 is 0 Å². The predicted molar refractivity (Wildman–Crippen MR) is 73.4 cm³/mol. The highest BCUT2D eigenvalue weighted by Gasteiger charge is 2.09. The third-order valence-electron chi connectivity index (χ3n) is 2.54. The van der Waals surface area contributed by atoms with Crippen molar-refractivity contribution in [3.63, 3.8) is 0 Å². The molecule has 0 fully saturated rings. The summed E-state index contributed by atoms with van der Waals surface area (Å²) in [7, 11) is 0. The highest BCUT2D eigenvalue weighted by atomic mass is 32.1. The van der Waals surface area contributed by atoms with E-state index in [1.807, 2.05) is 6.92 Å². The van der Waals surface area contributed by atoms with Gasteiger partial charge in [-0.2, -0.15) is 0 Å². The number of amides is 1. The van der Waals surface area contributed by atoms with Gasteiger partial charge in [0.25, 0.3) is 5.56 Å². The van der Waals surface area contributed by atoms with E-state index in [2.05, 4.69) is 15.5 Å². The minimum atomic E-state index is -0.286. The maximum absolute atomic E-state index is 11.8. The van der Waals surface area contributed by atoms with Crippen molar-refractivity contribution in [2.24, 2.45) is 0 Å². The van der Waals surface area contributed by atoms with Crippen LogP contribution < -0.4 is 10.9 Å². The van der Waals surface area contributed by atoms with E-state index in [4.69, 9.17) is 0 Å². The lowest BCUT2D eigenvalue weighted by molar-refractivity contribution is -0.116. The maximum atomic E-state index is 11.8. The number of hydrogen-bond acceptors (Lipinski definition) is 5. The van der Waals surface area contributed by atoms with Crippen molar-refractivity contribution < 1.29 is 4.79 Å². The van der Waals surface area contributed by atoms with E-state index in [0.29, 0.717) is 10.7 Å². The molecule has 0 unspecified atom stereocenters. The molecule has 0 atom stereocenters. The van der Waals surface area contributed by atoms with Gasteiger partial charge in [-0.1, -0.05) is 24.3 Å². The number of aromatic nitrogens is 3. The van der Waals surface area contributed by atoms with Gasteiger partial charge < -0.3 is 4.57 Å². The predicted octanol–water partition coefficient (Wildman–Crippen LogP) is 1.21. The van der Waals surface area contributed by atoms with Gasteiger partial charge in [0.1, 0.15) is 11.6 Å². The van der Waals surface area contributed by atoms with Gasteiger partial charge in [0.05, 0.1) is 0 Å². The Kier molecular flexibility index (Phi) is 4.06. The molecule has 2 aromatic heterocycles. The van der Waals surface area contributed by atoms with Crippen molar-refractivity contribution in [1.82, 2.24) is 14.8 Å². The zero-order valence-electron chi connectivity index (χ0n) is 10.7. The van der Waals surface area contributed by atoms with E-state index in [1.165, 1.54) is 15.9 Å². The lowest BCUT2D eigenvalue weighted by Gasteiger charge is -2.05. The van der Waals surface area contributed by atoms with Crippen LogP contribution in [0.5, 0.6) is 0 Å². The van der Waals surface area contributed by atoms with Crippen LogP contribution in [0.25, 0.3) is 0 Å². The van der Waals surface area contributed by atoms with Crippen LogP contribution in [0.3, 0.4) is 0 Å². The Hall–Kier alpha value is -2.02. The van der Waals surface area contributed by atoms with Gasteiger partial charge in [0.2, 0.25) is 11.0 Å². The second-order valence-corrected chi connectivity index (χ2v) is 5.09. The van der Waals surface area contributed by atoms with Crippen LogP contribution in [-0.2, 0) is 17.8 Å². The standard InChI is InChI=1S/C12H14N4O2S/c1-3-10-14-15-12(19-10)13-9(17)7-16-6-4-5-8(2)11(16)18/h4-6H,3,7H2,1-2H3,(H,13,15,17). The molecule has 0 aromatic carbocycles. The number of aryl methyl sites for hydroxylation is 2. The van der Waals surface area contributed by atoms with Crippen LogP contribution in [0.1, 0.15) is 17.5 Å². The van der Waals surface area contributed by atoms with E-state index in [-0.39, 0.29) is 18.0 Å². The molecule has 2 rings (SSSR count). The number of carbonyl (C=O) groups excluding carboxylic acids is 1. The van der Waals surface area contributed by atoms with Crippen LogP contribution in [0.15, 0.2) is 23.1 Å². The molecule has 0 saturated carbocycles. The fourth-order valence-corrected chi connectivity index (χ4v) is 2.24. The van der Waals surface area contributed by atoms with E-state index in [0.717, 1.165) is 11.4 Å². The smallest absolute Gasteiger partial charge is 0.253 e. The number of rotatable bonds is 4. The van der Waals surface area contributed by atoms with Crippen molar-refractivity contribution in [3.8, 4) is 0 Å². The first-order valence-electron chi connectivity index (χ1n) is 5.88. The van der Waals surface area contributed by atoms with Crippen LogP contribution in [0.4, 0.5) is 5.13 Å². The summed E-state index contributed by atoms with van der Waals surface area (Å²) < 4.78 is 1.37. The van der Waals surface area contributed by atoms with Gasteiger partial charge in [-0.3, -0.25) is 14.9 Å². The highest BCUT2D eigenvalue weighted by molar-refractivity contribution is 7.15. The van der Waals surface area contributed by atoms with Crippen molar-refractivity contribution >= 4 is 22.4 Å². The molecule has 0 aliphatic heterocycles. The molecule has 0 aliphatic rings. The third kappa shape index (κ3) is 3.25. The van der Waals surface area contributed by atoms with Crippen LogP contribution in [0, 0.1) is 6.92 Å². The molecule has 0 bridgehead atoms. The van der Waals surface area contributed by atoms with Crippen molar-refractivity contribution in [1.29, 1.82) is 0 Å². The summed E-state index contributed by atoms with van der Waals surface area (Å²) >= 11 is 1.34. The number of hydrogen-bond donors (Lipinski definition) is 1. The van der Waals surface area contributed by atoms with Crippen LogP contribution in [0.2, 0.25) is 0 Å². The largest absolute Gasteiger partial charge is 0.306 e. The summed E-state index contributed by atoms with van der Waals surface area (Å²) in [6.45, 7) is 3.66. The zero-order valence-corrected chi connectivity index (χ0v) is 11.5. The fraction of sp³-hybridized carbons (Fsp3) is 0.333. The normalized spacial score (nSPS) is 10.4. The minimum absolute atomic E-state index is 0.0262. The average Bonchev–Trinajstić information content (AvgIpc) is 2.82. The second kappa shape index (κ2) is 5.75. The van der Waals surface area contributed by atoms with E-state index in [1.54, 1.807) is 25.3 Å². The molecule has 2 aromatic rings. The van der Waals surface area contributed by atoms with Crippen molar-refractivity contribution in [3.05, 3.63) is 39.3 Å². The number of nitrogens with one attached hydrogen (secondary N) is 1. The molecule has 1 N–H and O–H groups in total. The lowest BCUT2D eigenvalue weighted by atomic mass is 10.3. The summed E-state index contributed by atoms with van der Waals surface area (Å²) in [5.41, 5.74) is 0.448. The number of carbonyl (C=O) groups is 1. The van der Waals surface area contributed by atoms with Gasteiger partial charge in [-0.15, -0.1) is 10.2 Å². The Bertz CT molecular complexity index is 647. The third-order valence-corrected chi connectivity index (χ3v) is 3.52. The SMILES string of the molecule is CCc1nnc(NC(=O)Cn2cccc(C)c2=O)s1. The first-order chi connectivity index (χ1) is 9.10. The summed E-state index contributed by atoms with van der Waals surface area (Å²) in [6.07, 6.45) is 2.37. The Labute approximate surface area is 114 Å². The summed E-state index contributed by atoms with van der Waals surface area (Å²) in [5, 5.41) is 11.7. The Morgan fingerprint density at radius 2 is 2.26 bits per heavy atom. The molecule has 0 radical (unpaired) electrons. The monoisotopic (exact) mass is 278 g/mol. The van der Waals surface area contributed by atoms with Gasteiger partial charge >= 0.3 is 0 Å². The van der Waals surface area contributed by atoms with Crippen LogP contribution >= 0.6 is 11.3 Å². The molecular weight excluding hydrogens is 264 g/mol. The molecular formula is C12H14N4O2S. The fourth-order valence-electron chi connectivity index (χ4n) is 1.54. The second-order valence-electron chi connectivity index (χ2n) is 4.03. The Morgan fingerprint density at radius 3 is 2.95 bits per heavy atom. The van der Waals surface area contributed by atoms with Crippen molar-refractivity contribution in [2.45, 2.75) is 26.8 Å². The highest BCUT2D eigenvalue weighted by Crippen LogP contribution is 2.15. The first-order valence-corrected chi connectivity index (χ1v) is 6.70. The number of pyridine rings is 1. The molecule has 7 heteroatoms. The van der Waals surface area contributed by atoms with Gasteiger partial charge in [-0.05, 0) is 19.4 Å². The Morgan fingerprint density at radius 1 is 1.47 bits per heavy atom. The molecule has 0 aliphatic carbocycles. The lowest BCUT2D eigenvalue weighted by Crippen LogP contribution is -2.28. The summed E-state index contributed by atoms with van der Waals surface area (Å²) in [4.78, 5) is 23.6. The number of nitrogens with zero attached hydrogens (tertiary/aromatic N) is 3. The van der Waals surface area contributed by atoms with Gasteiger partial charge in [0, 0.05) is 11.8 Å². The van der Waals surface area contributed by atoms with Crippen LogP contribution in [-0.4, -0.2) is 20.7 Å². The minimum Gasteiger partial charge on any atom is -0.306 e. The maximum Gasteiger partial charge on any atom is 0.253 e. The molecule has 19 heavy (non-hydrogen) atoms.